The van der Waals surface area contributed by atoms with E-state index >= 15 is 0 Å². The van der Waals surface area contributed by atoms with Gasteiger partial charge in [0, 0.05) is 12.6 Å². The van der Waals surface area contributed by atoms with E-state index < -0.39 is 0 Å². The second-order valence-electron chi connectivity index (χ2n) is 3.62. The van der Waals surface area contributed by atoms with Crippen molar-refractivity contribution in [1.82, 2.24) is 10.2 Å². The Morgan fingerprint density at radius 3 is 3.08 bits per heavy atom. The Morgan fingerprint density at radius 2 is 2.46 bits per heavy atom. The first-order valence-corrected chi connectivity index (χ1v) is 4.85. The molecule has 0 bridgehead atoms. The summed E-state index contributed by atoms with van der Waals surface area (Å²) in [5.41, 5.74) is 0.958. The van der Waals surface area contributed by atoms with Crippen molar-refractivity contribution in [2.45, 2.75) is 13.3 Å². The Balaban J connectivity index is 1.87. The van der Waals surface area contributed by atoms with Crippen molar-refractivity contribution < 1.29 is 0 Å². The van der Waals surface area contributed by atoms with Gasteiger partial charge in [0.25, 0.3) is 0 Å². The third kappa shape index (κ3) is 2.31. The van der Waals surface area contributed by atoms with E-state index in [4.69, 9.17) is 11.6 Å². The summed E-state index contributed by atoms with van der Waals surface area (Å²) >= 11 is 5.69. The predicted molar refractivity (Wildman–Crippen MR) is 52.8 cm³/mol. The molecule has 0 aliphatic heterocycles. The molecule has 0 radical (unpaired) electrons. The number of nitrogens with one attached hydrogen (secondary N) is 1. The van der Waals surface area contributed by atoms with Gasteiger partial charge < -0.3 is 5.32 Å². The van der Waals surface area contributed by atoms with E-state index in [2.05, 4.69) is 22.4 Å². The molecule has 1 heterocycles. The molecule has 1 aliphatic carbocycles. The summed E-state index contributed by atoms with van der Waals surface area (Å²) in [6, 6.07) is 1.79. The Kier molecular flexibility index (Phi) is 2.36. The average Bonchev–Trinajstić information content (AvgIpc) is 2.79. The van der Waals surface area contributed by atoms with Crippen LogP contribution < -0.4 is 5.32 Å². The van der Waals surface area contributed by atoms with Crippen molar-refractivity contribution in [3.8, 4) is 0 Å². The van der Waals surface area contributed by atoms with Crippen molar-refractivity contribution in [2.75, 3.05) is 11.9 Å². The molecule has 1 aliphatic rings. The van der Waals surface area contributed by atoms with Gasteiger partial charge in [0.1, 0.15) is 0 Å². The van der Waals surface area contributed by atoms with Crippen LogP contribution in [0.2, 0.25) is 5.15 Å². The fourth-order valence-corrected chi connectivity index (χ4v) is 1.53. The van der Waals surface area contributed by atoms with E-state index in [1.807, 2.05) is 0 Å². The van der Waals surface area contributed by atoms with Crippen molar-refractivity contribution in [3.05, 3.63) is 17.4 Å². The maximum atomic E-state index is 5.69. The quantitative estimate of drug-likeness (QED) is 0.808. The molecule has 0 aromatic carbocycles. The molecule has 1 N–H and O–H groups in total. The van der Waals surface area contributed by atoms with Crippen molar-refractivity contribution >= 4 is 17.3 Å². The Labute approximate surface area is 82.5 Å². The van der Waals surface area contributed by atoms with Crippen molar-refractivity contribution in [1.29, 1.82) is 0 Å². The van der Waals surface area contributed by atoms with Crippen LogP contribution in [0.4, 0.5) is 5.69 Å². The second kappa shape index (κ2) is 3.50. The first-order chi connectivity index (χ1) is 6.25. The Hall–Kier alpha value is -0.830. The topological polar surface area (TPSA) is 37.8 Å². The highest BCUT2D eigenvalue weighted by Crippen LogP contribution is 2.37. The van der Waals surface area contributed by atoms with Crippen molar-refractivity contribution in [3.63, 3.8) is 0 Å². The van der Waals surface area contributed by atoms with E-state index in [0.29, 0.717) is 5.15 Å². The number of nitrogens with zero attached hydrogens (tertiary/aromatic N) is 2. The normalized spacial score (nSPS) is 25.7. The van der Waals surface area contributed by atoms with Crippen LogP contribution in [0.25, 0.3) is 0 Å². The molecular formula is C9H12ClN3. The maximum Gasteiger partial charge on any atom is 0.153 e. The van der Waals surface area contributed by atoms with Gasteiger partial charge in [0.05, 0.1) is 11.9 Å². The standard InChI is InChI=1S/C9H12ClN3/c1-6-2-7(6)4-11-8-3-9(10)13-12-5-8/h3,5-7H,2,4H2,1H3,(H,11,13). The number of anilines is 1. The largest absolute Gasteiger partial charge is 0.383 e. The highest BCUT2D eigenvalue weighted by molar-refractivity contribution is 6.29. The molecule has 3 nitrogen and oxygen atoms in total. The summed E-state index contributed by atoms with van der Waals surface area (Å²) in [4.78, 5) is 0. The molecule has 2 rings (SSSR count). The molecule has 0 amide bonds. The van der Waals surface area contributed by atoms with E-state index in [1.165, 1.54) is 6.42 Å². The molecule has 70 valence electrons. The van der Waals surface area contributed by atoms with Gasteiger partial charge in [-0.05, 0) is 18.3 Å². The SMILES string of the molecule is CC1CC1CNc1cnnc(Cl)c1. The lowest BCUT2D eigenvalue weighted by atomic mass is 10.3. The van der Waals surface area contributed by atoms with Gasteiger partial charge in [-0.3, -0.25) is 0 Å². The van der Waals surface area contributed by atoms with Crippen LogP contribution in [0.1, 0.15) is 13.3 Å². The van der Waals surface area contributed by atoms with Gasteiger partial charge in [0.2, 0.25) is 0 Å². The van der Waals surface area contributed by atoms with Gasteiger partial charge in [-0.1, -0.05) is 18.5 Å². The third-order valence-corrected chi connectivity index (χ3v) is 2.65. The first kappa shape index (κ1) is 8.75. The zero-order chi connectivity index (χ0) is 9.26. The average molecular weight is 198 g/mol. The number of rotatable bonds is 3. The van der Waals surface area contributed by atoms with Gasteiger partial charge in [0.15, 0.2) is 5.15 Å². The fourth-order valence-electron chi connectivity index (χ4n) is 1.37. The molecule has 2 unspecified atom stereocenters. The molecule has 1 saturated carbocycles. The lowest BCUT2D eigenvalue weighted by molar-refractivity contribution is 0.786. The predicted octanol–water partition coefficient (Wildman–Crippen LogP) is 2.20. The molecule has 13 heavy (non-hydrogen) atoms. The highest BCUT2D eigenvalue weighted by Gasteiger charge is 2.31. The Bertz CT molecular complexity index is 303. The minimum absolute atomic E-state index is 0.439. The molecule has 1 fully saturated rings. The number of hydrogen-bond donors (Lipinski definition) is 1. The lowest BCUT2D eigenvalue weighted by Gasteiger charge is -2.03. The van der Waals surface area contributed by atoms with Crippen molar-refractivity contribution in [2.24, 2.45) is 11.8 Å². The van der Waals surface area contributed by atoms with Crippen LogP contribution in [0.15, 0.2) is 12.3 Å². The van der Waals surface area contributed by atoms with Crippen LogP contribution in [-0.2, 0) is 0 Å². The second-order valence-corrected chi connectivity index (χ2v) is 4.01. The van der Waals surface area contributed by atoms with E-state index in [1.54, 1.807) is 12.3 Å². The zero-order valence-electron chi connectivity index (χ0n) is 7.50. The molecule has 0 spiro atoms. The van der Waals surface area contributed by atoms with Crippen LogP contribution in [-0.4, -0.2) is 16.7 Å². The van der Waals surface area contributed by atoms with E-state index in [9.17, 15) is 0 Å². The molecule has 1 aromatic rings. The smallest absolute Gasteiger partial charge is 0.153 e. The number of halogens is 1. The molecule has 1 aromatic heterocycles. The Morgan fingerprint density at radius 1 is 1.69 bits per heavy atom. The molecule has 4 heteroatoms. The van der Waals surface area contributed by atoms with Crippen LogP contribution >= 0.6 is 11.6 Å². The van der Waals surface area contributed by atoms with E-state index in [-0.39, 0.29) is 0 Å². The summed E-state index contributed by atoms with van der Waals surface area (Å²) in [6.07, 6.45) is 3.03. The van der Waals surface area contributed by atoms with Crippen LogP contribution in [0, 0.1) is 11.8 Å². The number of aromatic nitrogens is 2. The molecular weight excluding hydrogens is 186 g/mol. The minimum atomic E-state index is 0.439. The minimum Gasteiger partial charge on any atom is -0.383 e. The van der Waals surface area contributed by atoms with Crippen LogP contribution in [0.3, 0.4) is 0 Å². The fraction of sp³-hybridized carbons (Fsp3) is 0.556. The summed E-state index contributed by atoms with van der Waals surface area (Å²) in [6.45, 7) is 3.29. The van der Waals surface area contributed by atoms with Gasteiger partial charge in [-0.2, -0.15) is 5.10 Å². The third-order valence-electron chi connectivity index (χ3n) is 2.47. The van der Waals surface area contributed by atoms with E-state index in [0.717, 1.165) is 24.1 Å². The van der Waals surface area contributed by atoms with Gasteiger partial charge in [-0.15, -0.1) is 5.10 Å². The summed E-state index contributed by atoms with van der Waals surface area (Å²) < 4.78 is 0. The van der Waals surface area contributed by atoms with Gasteiger partial charge in [-0.25, -0.2) is 0 Å². The molecule has 0 saturated heterocycles. The highest BCUT2D eigenvalue weighted by atomic mass is 35.5. The summed E-state index contributed by atoms with van der Waals surface area (Å²) in [5.74, 6) is 1.70. The maximum absolute atomic E-state index is 5.69. The summed E-state index contributed by atoms with van der Waals surface area (Å²) in [5, 5.41) is 11.2. The summed E-state index contributed by atoms with van der Waals surface area (Å²) in [7, 11) is 0. The molecule has 2 atom stereocenters. The van der Waals surface area contributed by atoms with Gasteiger partial charge >= 0.3 is 0 Å². The lowest BCUT2D eigenvalue weighted by Crippen LogP contribution is -2.04. The zero-order valence-corrected chi connectivity index (χ0v) is 8.25. The first-order valence-electron chi connectivity index (χ1n) is 4.48. The number of hydrogen-bond acceptors (Lipinski definition) is 3. The van der Waals surface area contributed by atoms with Crippen LogP contribution in [0.5, 0.6) is 0 Å². The monoisotopic (exact) mass is 197 g/mol.